The summed E-state index contributed by atoms with van der Waals surface area (Å²) in [5.74, 6) is 0.377. The highest BCUT2D eigenvalue weighted by Crippen LogP contribution is 2.52. The van der Waals surface area contributed by atoms with Crippen molar-refractivity contribution in [2.45, 2.75) is 13.0 Å². The quantitative estimate of drug-likeness (QED) is 0.474. The van der Waals surface area contributed by atoms with Crippen molar-refractivity contribution in [2.24, 2.45) is 23.7 Å². The molecule has 1 aromatic carbocycles. The minimum atomic E-state index is -0.100. The number of hydrogen-bond donors (Lipinski definition) is 0. The third-order valence-electron chi connectivity index (χ3n) is 5.13. The summed E-state index contributed by atoms with van der Waals surface area (Å²) in [6, 6.07) is 9.90. The number of nitrogens with zero attached hydrogens (tertiary/aromatic N) is 1. The van der Waals surface area contributed by atoms with Gasteiger partial charge in [0.25, 0.3) is 0 Å². The van der Waals surface area contributed by atoms with E-state index in [2.05, 4.69) is 12.2 Å². The van der Waals surface area contributed by atoms with E-state index in [1.54, 1.807) is 0 Å². The Morgan fingerprint density at radius 3 is 2.27 bits per heavy atom. The third-order valence-corrected chi connectivity index (χ3v) is 5.13. The van der Waals surface area contributed by atoms with Gasteiger partial charge in [-0.2, -0.15) is 0 Å². The molecule has 0 spiro atoms. The molecule has 4 atom stereocenters. The molecule has 0 radical (unpaired) electrons. The molecule has 114 valence electrons. The zero-order valence-corrected chi connectivity index (χ0v) is 12.4. The van der Waals surface area contributed by atoms with Crippen LogP contribution in [-0.4, -0.2) is 29.9 Å². The van der Waals surface area contributed by atoms with Gasteiger partial charge >= 0.3 is 0 Å². The largest absolute Gasteiger partial charge is 0.375 e. The Morgan fingerprint density at radius 1 is 1.00 bits per heavy atom. The second kappa shape index (κ2) is 5.36. The number of ether oxygens (including phenoxy) is 1. The molecule has 1 heterocycles. The predicted octanol–water partition coefficient (Wildman–Crippen LogP) is 2.01. The number of allylic oxidation sites excluding steroid dienone is 2. The first-order valence-corrected chi connectivity index (χ1v) is 7.91. The Kier molecular flexibility index (Phi) is 3.34. The molecule has 4 nitrogen and oxygen atoms in total. The van der Waals surface area contributed by atoms with Gasteiger partial charge in [-0.25, -0.2) is 0 Å². The maximum atomic E-state index is 12.5. The molecule has 2 bridgehead atoms. The van der Waals surface area contributed by atoms with Gasteiger partial charge in [0.2, 0.25) is 11.8 Å². The van der Waals surface area contributed by atoms with E-state index in [0.29, 0.717) is 19.8 Å². The second-order valence-electron chi connectivity index (χ2n) is 6.37. The number of hydrogen-bond acceptors (Lipinski definition) is 3. The molecule has 22 heavy (non-hydrogen) atoms. The monoisotopic (exact) mass is 297 g/mol. The zero-order valence-electron chi connectivity index (χ0n) is 12.4. The number of rotatable bonds is 5. The van der Waals surface area contributed by atoms with E-state index < -0.39 is 0 Å². The van der Waals surface area contributed by atoms with Crippen molar-refractivity contribution < 1.29 is 14.3 Å². The van der Waals surface area contributed by atoms with Crippen molar-refractivity contribution in [3.05, 3.63) is 48.0 Å². The van der Waals surface area contributed by atoms with Gasteiger partial charge < -0.3 is 4.74 Å². The highest BCUT2D eigenvalue weighted by molar-refractivity contribution is 6.06. The van der Waals surface area contributed by atoms with Crippen LogP contribution in [0, 0.1) is 23.7 Å². The number of amides is 2. The highest BCUT2D eigenvalue weighted by Gasteiger charge is 2.58. The molecule has 4 rings (SSSR count). The minimum absolute atomic E-state index is 0.00941. The summed E-state index contributed by atoms with van der Waals surface area (Å²) in [7, 11) is 0. The smallest absolute Gasteiger partial charge is 0.233 e. The van der Waals surface area contributed by atoms with Crippen LogP contribution in [0.4, 0.5) is 0 Å². The molecular formula is C18H19NO3. The van der Waals surface area contributed by atoms with Crippen molar-refractivity contribution in [3.63, 3.8) is 0 Å². The van der Waals surface area contributed by atoms with E-state index in [-0.39, 0.29) is 35.5 Å². The Balaban J connectivity index is 1.33. The number of carbonyl (C=O) groups excluding carboxylic acids is 2. The van der Waals surface area contributed by atoms with E-state index in [0.717, 1.165) is 12.0 Å². The Labute approximate surface area is 129 Å². The van der Waals surface area contributed by atoms with Gasteiger partial charge in [-0.1, -0.05) is 42.5 Å². The molecule has 2 amide bonds. The lowest BCUT2D eigenvalue weighted by atomic mass is 9.85. The van der Waals surface area contributed by atoms with Crippen molar-refractivity contribution in [1.29, 1.82) is 0 Å². The maximum Gasteiger partial charge on any atom is 0.233 e. The number of carbonyl (C=O) groups is 2. The topological polar surface area (TPSA) is 46.6 Å². The van der Waals surface area contributed by atoms with Crippen LogP contribution in [0.25, 0.3) is 0 Å². The molecule has 4 heteroatoms. The first kappa shape index (κ1) is 13.7. The Bertz CT molecular complexity index is 594. The van der Waals surface area contributed by atoms with Crippen molar-refractivity contribution in [3.8, 4) is 0 Å². The van der Waals surface area contributed by atoms with Gasteiger partial charge in [-0.3, -0.25) is 14.5 Å². The van der Waals surface area contributed by atoms with Crippen molar-refractivity contribution >= 4 is 11.8 Å². The van der Waals surface area contributed by atoms with Crippen LogP contribution in [-0.2, 0) is 20.9 Å². The maximum absolute atomic E-state index is 12.5. The third kappa shape index (κ3) is 2.10. The zero-order chi connectivity index (χ0) is 15.1. The van der Waals surface area contributed by atoms with Crippen LogP contribution < -0.4 is 0 Å². The summed E-state index contributed by atoms with van der Waals surface area (Å²) >= 11 is 0. The average Bonchev–Trinajstić information content (AvgIpc) is 3.21. The number of likely N-dealkylation sites (tertiary alicyclic amines) is 1. The van der Waals surface area contributed by atoms with Crippen molar-refractivity contribution in [1.82, 2.24) is 4.90 Å². The van der Waals surface area contributed by atoms with Gasteiger partial charge in [0.1, 0.15) is 0 Å². The summed E-state index contributed by atoms with van der Waals surface area (Å²) < 4.78 is 5.61. The fourth-order valence-electron chi connectivity index (χ4n) is 4.10. The van der Waals surface area contributed by atoms with Gasteiger partial charge in [-0.15, -0.1) is 0 Å². The lowest BCUT2D eigenvalue weighted by Gasteiger charge is -2.17. The molecule has 1 saturated carbocycles. The van der Waals surface area contributed by atoms with Crippen LogP contribution in [0.15, 0.2) is 42.5 Å². The van der Waals surface area contributed by atoms with E-state index in [1.807, 2.05) is 30.3 Å². The average molecular weight is 297 g/mol. The second-order valence-corrected chi connectivity index (χ2v) is 6.37. The van der Waals surface area contributed by atoms with Crippen molar-refractivity contribution in [2.75, 3.05) is 13.2 Å². The summed E-state index contributed by atoms with van der Waals surface area (Å²) in [6.07, 6.45) is 5.21. The van der Waals surface area contributed by atoms with Gasteiger partial charge in [0, 0.05) is 0 Å². The molecule has 1 aromatic rings. The standard InChI is InChI=1S/C18H19NO3/c20-17-15-13-6-7-14(10-13)16(15)18(21)19(17)8-9-22-11-12-4-2-1-3-5-12/h1-7,13-16H,8-11H2/t13-,14+,15-,16+. The summed E-state index contributed by atoms with van der Waals surface area (Å²) in [5, 5.41) is 0. The van der Waals surface area contributed by atoms with E-state index in [1.165, 1.54) is 4.90 Å². The van der Waals surface area contributed by atoms with E-state index >= 15 is 0 Å². The summed E-state index contributed by atoms with van der Waals surface area (Å²) in [5.41, 5.74) is 1.10. The molecule has 2 aliphatic carbocycles. The predicted molar refractivity (Wildman–Crippen MR) is 80.5 cm³/mol. The summed E-state index contributed by atoms with van der Waals surface area (Å²) in [6.45, 7) is 1.28. The van der Waals surface area contributed by atoms with Crippen LogP contribution in [0.5, 0.6) is 0 Å². The molecule has 2 fully saturated rings. The van der Waals surface area contributed by atoms with E-state index in [4.69, 9.17) is 4.74 Å². The number of fused-ring (bicyclic) bond motifs is 5. The first-order valence-electron chi connectivity index (χ1n) is 7.91. The van der Waals surface area contributed by atoms with Gasteiger partial charge in [-0.05, 0) is 23.8 Å². The molecule has 0 N–H and O–H groups in total. The van der Waals surface area contributed by atoms with Crippen LogP contribution in [0.1, 0.15) is 12.0 Å². The van der Waals surface area contributed by atoms with E-state index in [9.17, 15) is 9.59 Å². The SMILES string of the molecule is O=C1[C@@H]2[C@H](C(=O)N1CCOCc1ccccc1)[C@@H]1C=C[C@H]2C1. The minimum Gasteiger partial charge on any atom is -0.375 e. The Hall–Kier alpha value is -1.94. The van der Waals surface area contributed by atoms with Gasteiger partial charge in [0.05, 0.1) is 31.6 Å². The molecule has 1 saturated heterocycles. The fourth-order valence-corrected chi connectivity index (χ4v) is 4.10. The van der Waals surface area contributed by atoms with Crippen LogP contribution >= 0.6 is 0 Å². The van der Waals surface area contributed by atoms with Gasteiger partial charge in [0.15, 0.2) is 0 Å². The number of benzene rings is 1. The van der Waals surface area contributed by atoms with Crippen LogP contribution in [0.3, 0.4) is 0 Å². The molecular weight excluding hydrogens is 278 g/mol. The Morgan fingerprint density at radius 2 is 1.64 bits per heavy atom. The number of imide groups is 1. The van der Waals surface area contributed by atoms with Crippen LogP contribution in [0.2, 0.25) is 0 Å². The highest BCUT2D eigenvalue weighted by atomic mass is 16.5. The normalized spacial score (nSPS) is 32.1. The fraction of sp³-hybridized carbons (Fsp3) is 0.444. The lowest BCUT2D eigenvalue weighted by Crippen LogP contribution is -2.35. The molecule has 0 unspecified atom stereocenters. The summed E-state index contributed by atoms with van der Waals surface area (Å²) in [4.78, 5) is 26.4. The molecule has 0 aromatic heterocycles. The lowest BCUT2D eigenvalue weighted by molar-refractivity contribution is -0.141. The molecule has 1 aliphatic heterocycles. The first-order chi connectivity index (χ1) is 10.8. The molecule has 3 aliphatic rings.